The molecule has 0 radical (unpaired) electrons. The summed E-state index contributed by atoms with van der Waals surface area (Å²) in [7, 11) is 0. The summed E-state index contributed by atoms with van der Waals surface area (Å²) < 4.78 is 36.1. The van der Waals surface area contributed by atoms with Gasteiger partial charge in [0.1, 0.15) is 6.54 Å². The maximum atomic E-state index is 12.1. The van der Waals surface area contributed by atoms with Crippen LogP contribution in [0, 0.1) is 23.2 Å². The van der Waals surface area contributed by atoms with Gasteiger partial charge in [-0.3, -0.25) is 9.59 Å². The van der Waals surface area contributed by atoms with Gasteiger partial charge in [0.05, 0.1) is 6.54 Å². The molecular weight excluding hydrogens is 333 g/mol. The molecule has 4 fully saturated rings. The van der Waals surface area contributed by atoms with Crippen molar-refractivity contribution in [1.29, 1.82) is 0 Å². The maximum Gasteiger partial charge on any atom is 0.405 e. The van der Waals surface area contributed by atoms with Crippen LogP contribution >= 0.6 is 0 Å². The first kappa shape index (κ1) is 18.3. The molecule has 2 amide bonds. The summed E-state index contributed by atoms with van der Waals surface area (Å²) in [5, 5.41) is 4.13. The number of amides is 2. The van der Waals surface area contributed by atoms with Crippen LogP contribution in [0.15, 0.2) is 11.6 Å². The molecule has 0 atom stereocenters. The zero-order valence-electron chi connectivity index (χ0n) is 14.4. The molecular formula is C18H25F3N2O2. The van der Waals surface area contributed by atoms with E-state index < -0.39 is 31.1 Å². The van der Waals surface area contributed by atoms with E-state index in [0.717, 1.165) is 42.6 Å². The van der Waals surface area contributed by atoms with Crippen LogP contribution in [0.5, 0.6) is 0 Å². The Morgan fingerprint density at radius 1 is 1.04 bits per heavy atom. The van der Waals surface area contributed by atoms with Crippen molar-refractivity contribution >= 4 is 11.8 Å². The molecule has 140 valence electrons. The molecule has 0 aliphatic heterocycles. The van der Waals surface area contributed by atoms with Crippen molar-refractivity contribution in [2.45, 2.75) is 51.6 Å². The number of carbonyl (C=O) groups excluding carboxylic acids is 2. The lowest BCUT2D eigenvalue weighted by Gasteiger charge is -2.57. The van der Waals surface area contributed by atoms with Gasteiger partial charge >= 0.3 is 6.18 Å². The Morgan fingerprint density at radius 2 is 1.56 bits per heavy atom. The van der Waals surface area contributed by atoms with Crippen LogP contribution in [-0.2, 0) is 9.59 Å². The van der Waals surface area contributed by atoms with Crippen LogP contribution < -0.4 is 10.6 Å². The van der Waals surface area contributed by atoms with Crippen molar-refractivity contribution in [2.24, 2.45) is 23.2 Å². The van der Waals surface area contributed by atoms with Gasteiger partial charge in [-0.2, -0.15) is 13.2 Å². The Hall–Kier alpha value is -1.53. The highest BCUT2D eigenvalue weighted by atomic mass is 19.4. The first-order valence-corrected chi connectivity index (χ1v) is 8.95. The number of hydrogen-bond donors (Lipinski definition) is 2. The number of halogens is 3. The second-order valence-electron chi connectivity index (χ2n) is 8.13. The molecule has 4 aliphatic carbocycles. The molecule has 2 N–H and O–H groups in total. The summed E-state index contributed by atoms with van der Waals surface area (Å²) in [6, 6.07) is 0. The molecule has 7 heteroatoms. The standard InChI is InChI=1S/C18H25F3N2O2/c1-11(2-15(24)22-9-16(25)23-10-18(19,20)21)17-6-12-3-13(7-17)5-14(4-12)8-17/h2,12-14H,3-10H2,1H3,(H,22,24)(H,23,25)/b11-2-. The molecule has 4 bridgehead atoms. The maximum absolute atomic E-state index is 12.1. The van der Waals surface area contributed by atoms with E-state index in [0.29, 0.717) is 0 Å². The Morgan fingerprint density at radius 3 is 2.04 bits per heavy atom. The summed E-state index contributed by atoms with van der Waals surface area (Å²) in [5.41, 5.74) is 1.17. The van der Waals surface area contributed by atoms with Gasteiger partial charge in [0, 0.05) is 6.08 Å². The van der Waals surface area contributed by atoms with Gasteiger partial charge in [-0.25, -0.2) is 0 Å². The van der Waals surface area contributed by atoms with E-state index in [9.17, 15) is 22.8 Å². The van der Waals surface area contributed by atoms with Crippen molar-refractivity contribution in [1.82, 2.24) is 10.6 Å². The van der Waals surface area contributed by atoms with Gasteiger partial charge in [0.25, 0.3) is 0 Å². The zero-order chi connectivity index (χ0) is 18.2. The van der Waals surface area contributed by atoms with Gasteiger partial charge < -0.3 is 10.6 Å². The third-order valence-electron chi connectivity index (χ3n) is 6.13. The Labute approximate surface area is 145 Å². The summed E-state index contributed by atoms with van der Waals surface area (Å²) in [4.78, 5) is 23.4. The van der Waals surface area contributed by atoms with Crippen LogP contribution in [0.1, 0.15) is 45.4 Å². The number of carbonyl (C=O) groups is 2. The third kappa shape index (κ3) is 4.36. The van der Waals surface area contributed by atoms with E-state index in [4.69, 9.17) is 0 Å². The molecule has 0 unspecified atom stereocenters. The fourth-order valence-corrected chi connectivity index (χ4v) is 5.42. The Kier molecular flexibility index (Phi) is 4.86. The second-order valence-corrected chi connectivity index (χ2v) is 8.13. The zero-order valence-corrected chi connectivity index (χ0v) is 14.4. The predicted molar refractivity (Wildman–Crippen MR) is 86.4 cm³/mol. The molecule has 0 spiro atoms. The van der Waals surface area contributed by atoms with Gasteiger partial charge in [-0.1, -0.05) is 5.57 Å². The predicted octanol–water partition coefficient (Wildman–Crippen LogP) is 2.94. The molecule has 0 heterocycles. The molecule has 0 saturated heterocycles. The van der Waals surface area contributed by atoms with Gasteiger partial charge in [0.2, 0.25) is 11.8 Å². The van der Waals surface area contributed by atoms with Crippen LogP contribution in [0.3, 0.4) is 0 Å². The number of alkyl halides is 3. The average molecular weight is 358 g/mol. The molecule has 4 saturated carbocycles. The van der Waals surface area contributed by atoms with E-state index >= 15 is 0 Å². The minimum Gasteiger partial charge on any atom is -0.345 e. The van der Waals surface area contributed by atoms with Crippen LogP contribution in [-0.4, -0.2) is 31.1 Å². The number of allylic oxidation sites excluding steroid dienone is 1. The van der Waals surface area contributed by atoms with E-state index in [2.05, 4.69) is 5.32 Å². The SMILES string of the molecule is C/C(=C/C(=O)NCC(=O)NCC(F)(F)F)C12CC3CC(CC(C3)C1)C2. The molecule has 25 heavy (non-hydrogen) atoms. The van der Waals surface area contributed by atoms with Crippen molar-refractivity contribution in [3.63, 3.8) is 0 Å². The molecule has 4 nitrogen and oxygen atoms in total. The summed E-state index contributed by atoms with van der Waals surface area (Å²) >= 11 is 0. The van der Waals surface area contributed by atoms with Crippen molar-refractivity contribution in [3.05, 3.63) is 11.6 Å². The summed E-state index contributed by atoms with van der Waals surface area (Å²) in [6.45, 7) is 0.153. The highest BCUT2D eigenvalue weighted by Crippen LogP contribution is 2.62. The molecule has 4 aliphatic rings. The highest BCUT2D eigenvalue weighted by Gasteiger charge is 2.51. The van der Waals surface area contributed by atoms with Gasteiger partial charge in [0.15, 0.2) is 0 Å². The Bertz CT molecular complexity index is 548. The molecule has 0 aromatic heterocycles. The van der Waals surface area contributed by atoms with E-state index in [1.807, 2.05) is 6.92 Å². The third-order valence-corrected chi connectivity index (χ3v) is 6.13. The van der Waals surface area contributed by atoms with Gasteiger partial charge in [-0.15, -0.1) is 0 Å². The first-order valence-electron chi connectivity index (χ1n) is 8.95. The van der Waals surface area contributed by atoms with Crippen molar-refractivity contribution in [2.75, 3.05) is 13.1 Å². The van der Waals surface area contributed by atoms with Crippen LogP contribution in [0.25, 0.3) is 0 Å². The monoisotopic (exact) mass is 358 g/mol. The largest absolute Gasteiger partial charge is 0.405 e. The minimum absolute atomic E-state index is 0.116. The number of hydrogen-bond acceptors (Lipinski definition) is 2. The molecule has 0 aromatic rings. The first-order chi connectivity index (χ1) is 11.7. The lowest BCUT2D eigenvalue weighted by atomic mass is 9.48. The second kappa shape index (κ2) is 6.65. The molecule has 4 rings (SSSR count). The fraction of sp³-hybridized carbons (Fsp3) is 0.778. The fourth-order valence-electron chi connectivity index (χ4n) is 5.42. The number of rotatable bonds is 5. The quantitative estimate of drug-likeness (QED) is 0.743. The van der Waals surface area contributed by atoms with E-state index in [1.165, 1.54) is 19.3 Å². The lowest BCUT2D eigenvalue weighted by molar-refractivity contribution is -0.138. The van der Waals surface area contributed by atoms with E-state index in [-0.39, 0.29) is 5.41 Å². The van der Waals surface area contributed by atoms with E-state index in [1.54, 1.807) is 11.4 Å². The average Bonchev–Trinajstić information content (AvgIpc) is 2.49. The van der Waals surface area contributed by atoms with Crippen molar-refractivity contribution < 1.29 is 22.8 Å². The highest BCUT2D eigenvalue weighted by molar-refractivity contribution is 5.91. The normalized spacial score (nSPS) is 34.1. The number of nitrogens with one attached hydrogen (secondary N) is 2. The van der Waals surface area contributed by atoms with Crippen molar-refractivity contribution in [3.8, 4) is 0 Å². The van der Waals surface area contributed by atoms with Crippen LogP contribution in [0.2, 0.25) is 0 Å². The minimum atomic E-state index is -4.45. The summed E-state index contributed by atoms with van der Waals surface area (Å²) in [5.74, 6) is 1.06. The lowest BCUT2D eigenvalue weighted by Crippen LogP contribution is -2.47. The van der Waals surface area contributed by atoms with Gasteiger partial charge in [-0.05, 0) is 68.6 Å². The summed E-state index contributed by atoms with van der Waals surface area (Å²) in [6.07, 6.45) is 4.47. The van der Waals surface area contributed by atoms with Crippen LogP contribution in [0.4, 0.5) is 13.2 Å². The smallest absolute Gasteiger partial charge is 0.345 e. The topological polar surface area (TPSA) is 58.2 Å². The Balaban J connectivity index is 1.52. The molecule has 0 aromatic carbocycles.